The molecule has 117 valence electrons. The Bertz CT molecular complexity index is 648. The molecule has 0 aliphatic rings. The van der Waals surface area contributed by atoms with Gasteiger partial charge >= 0.3 is 0 Å². The van der Waals surface area contributed by atoms with Gasteiger partial charge in [-0.05, 0) is 19.4 Å². The minimum atomic E-state index is -0.605. The molecule has 0 aliphatic carbocycles. The molecule has 0 unspecified atom stereocenters. The molecule has 0 saturated carbocycles. The van der Waals surface area contributed by atoms with Crippen LogP contribution in [0.5, 0.6) is 0 Å². The monoisotopic (exact) mass is 301 g/mol. The van der Waals surface area contributed by atoms with Crippen molar-refractivity contribution in [2.24, 2.45) is 5.73 Å². The number of para-hydroxylation sites is 1. The van der Waals surface area contributed by atoms with Gasteiger partial charge in [-0.2, -0.15) is 0 Å². The smallest absolute Gasteiger partial charge is 0.239 e. The Labute approximate surface area is 129 Å². The minimum absolute atomic E-state index is 0.0411. The number of carbonyl (C=O) groups excluding carboxylic acids is 2. The minimum Gasteiger partial charge on any atom is -0.355 e. The fraction of sp³-hybridized carbons (Fsp3) is 0.375. The van der Waals surface area contributed by atoms with E-state index in [1.165, 1.54) is 0 Å². The lowest BCUT2D eigenvalue weighted by Gasteiger charge is -2.09. The van der Waals surface area contributed by atoms with Gasteiger partial charge in [-0.1, -0.05) is 18.2 Å². The van der Waals surface area contributed by atoms with Gasteiger partial charge in [0.1, 0.15) is 0 Å². The quantitative estimate of drug-likeness (QED) is 0.647. The zero-order valence-corrected chi connectivity index (χ0v) is 12.6. The predicted molar refractivity (Wildman–Crippen MR) is 85.1 cm³/mol. The number of aryl methyl sites for hydroxylation is 1. The highest BCUT2D eigenvalue weighted by molar-refractivity contribution is 5.87. The molecule has 1 radical (unpaired) electrons. The average molecular weight is 301 g/mol. The van der Waals surface area contributed by atoms with Crippen LogP contribution in [-0.4, -0.2) is 35.5 Å². The lowest BCUT2D eigenvalue weighted by Crippen LogP contribution is -2.43. The number of amides is 2. The first-order valence-corrected chi connectivity index (χ1v) is 7.33. The second-order valence-electron chi connectivity index (χ2n) is 5.19. The van der Waals surface area contributed by atoms with Gasteiger partial charge in [-0.15, -0.1) is 0 Å². The number of carbonyl (C=O) groups is 2. The van der Waals surface area contributed by atoms with Gasteiger partial charge in [-0.25, -0.2) is 0 Å². The molecule has 22 heavy (non-hydrogen) atoms. The van der Waals surface area contributed by atoms with Crippen molar-refractivity contribution in [2.75, 3.05) is 13.1 Å². The summed E-state index contributed by atoms with van der Waals surface area (Å²) in [6.07, 6.45) is 2.73. The fourth-order valence-electron chi connectivity index (χ4n) is 2.12. The van der Waals surface area contributed by atoms with Gasteiger partial charge in [0.15, 0.2) is 0 Å². The molecular weight excluding hydrogens is 280 g/mol. The molecule has 2 rings (SSSR count). The molecule has 1 aromatic carbocycles. The Hall–Kier alpha value is -2.34. The second kappa shape index (κ2) is 7.61. The van der Waals surface area contributed by atoms with Crippen LogP contribution in [0, 0.1) is 6.07 Å². The number of fused-ring (bicyclic) bond motifs is 1. The summed E-state index contributed by atoms with van der Waals surface area (Å²) in [7, 11) is 0. The lowest BCUT2D eigenvalue weighted by atomic mass is 10.2. The van der Waals surface area contributed by atoms with Crippen molar-refractivity contribution >= 4 is 22.7 Å². The van der Waals surface area contributed by atoms with Gasteiger partial charge < -0.3 is 20.9 Å². The van der Waals surface area contributed by atoms with Crippen molar-refractivity contribution in [2.45, 2.75) is 25.9 Å². The first-order chi connectivity index (χ1) is 10.6. The van der Waals surface area contributed by atoms with Crippen molar-refractivity contribution in [3.05, 3.63) is 36.5 Å². The topological polar surface area (TPSA) is 89.2 Å². The summed E-state index contributed by atoms with van der Waals surface area (Å²) in [6.45, 7) is 2.89. The highest BCUT2D eigenvalue weighted by Crippen LogP contribution is 2.14. The number of hydrogen-bond acceptors (Lipinski definition) is 3. The van der Waals surface area contributed by atoms with E-state index in [0.29, 0.717) is 6.54 Å². The predicted octanol–water partition coefficient (Wildman–Crippen LogP) is 0.411. The summed E-state index contributed by atoms with van der Waals surface area (Å²) in [5, 5.41) is 6.33. The highest BCUT2D eigenvalue weighted by atomic mass is 16.2. The zero-order valence-electron chi connectivity index (χ0n) is 12.6. The number of benzene rings is 1. The molecule has 4 N–H and O–H groups in total. The van der Waals surface area contributed by atoms with Crippen LogP contribution in [-0.2, 0) is 16.1 Å². The molecule has 0 saturated heterocycles. The molecule has 6 nitrogen and oxygen atoms in total. The van der Waals surface area contributed by atoms with Crippen LogP contribution in [0.2, 0.25) is 0 Å². The van der Waals surface area contributed by atoms with Crippen LogP contribution in [0.4, 0.5) is 0 Å². The van der Waals surface area contributed by atoms with Crippen molar-refractivity contribution in [3.8, 4) is 0 Å². The van der Waals surface area contributed by atoms with E-state index in [-0.39, 0.29) is 18.4 Å². The first kappa shape index (κ1) is 16.0. The number of rotatable bonds is 7. The number of aromatic nitrogens is 1. The van der Waals surface area contributed by atoms with E-state index in [9.17, 15) is 9.59 Å². The average Bonchev–Trinajstić information content (AvgIpc) is 2.92. The Morgan fingerprint density at radius 3 is 2.86 bits per heavy atom. The molecule has 1 heterocycles. The normalized spacial score (nSPS) is 12.1. The molecule has 1 atom stereocenters. The number of nitrogens with zero attached hydrogens (tertiary/aromatic N) is 1. The molecule has 0 aliphatic heterocycles. The van der Waals surface area contributed by atoms with Crippen molar-refractivity contribution in [1.82, 2.24) is 15.2 Å². The Morgan fingerprint density at radius 2 is 2.09 bits per heavy atom. The van der Waals surface area contributed by atoms with E-state index >= 15 is 0 Å². The maximum Gasteiger partial charge on any atom is 0.239 e. The summed E-state index contributed by atoms with van der Waals surface area (Å²) in [6, 6.07) is 10.6. The molecule has 0 fully saturated rings. The van der Waals surface area contributed by atoms with Gasteiger partial charge in [0.05, 0.1) is 12.6 Å². The molecule has 2 amide bonds. The summed E-state index contributed by atoms with van der Waals surface area (Å²) in [4.78, 5) is 22.8. The van der Waals surface area contributed by atoms with E-state index in [2.05, 4.69) is 21.3 Å². The molecule has 2 aromatic rings. The SMILES string of the molecule is C[C@H](N)C(=O)NCC(=O)NCCCn1c[c]c2ccccc21. The van der Waals surface area contributed by atoms with Crippen LogP contribution in [0.25, 0.3) is 10.9 Å². The second-order valence-corrected chi connectivity index (χ2v) is 5.19. The number of nitrogens with one attached hydrogen (secondary N) is 2. The molecule has 0 bridgehead atoms. The van der Waals surface area contributed by atoms with Crippen LogP contribution in [0.3, 0.4) is 0 Å². The van der Waals surface area contributed by atoms with Crippen LogP contribution < -0.4 is 16.4 Å². The Balaban J connectivity index is 1.69. The van der Waals surface area contributed by atoms with Gasteiger partial charge in [-0.3, -0.25) is 9.59 Å². The standard InChI is InChI=1S/C16H21N4O2/c1-12(17)16(22)19-11-15(21)18-8-4-9-20-10-7-13-5-2-3-6-14(13)20/h2-3,5-6,10,12H,4,8-9,11,17H2,1H3,(H,18,21)(H,19,22)/t12-/m0/s1. The summed E-state index contributed by atoms with van der Waals surface area (Å²) in [5.41, 5.74) is 6.53. The van der Waals surface area contributed by atoms with E-state index in [0.717, 1.165) is 23.9 Å². The Kier molecular flexibility index (Phi) is 5.55. The molecule has 6 heteroatoms. The number of hydrogen-bond donors (Lipinski definition) is 3. The van der Waals surface area contributed by atoms with Gasteiger partial charge in [0, 0.05) is 36.3 Å². The van der Waals surface area contributed by atoms with Gasteiger partial charge in [0.2, 0.25) is 11.8 Å². The third kappa shape index (κ3) is 4.33. The molecule has 1 aromatic heterocycles. The lowest BCUT2D eigenvalue weighted by molar-refractivity contribution is -0.126. The highest BCUT2D eigenvalue weighted by Gasteiger charge is 2.08. The summed E-state index contributed by atoms with van der Waals surface area (Å²) >= 11 is 0. The maximum absolute atomic E-state index is 11.6. The van der Waals surface area contributed by atoms with Crippen LogP contribution in [0.15, 0.2) is 30.5 Å². The molecular formula is C16H21N4O2. The third-order valence-electron chi connectivity index (χ3n) is 3.32. The van der Waals surface area contributed by atoms with Crippen molar-refractivity contribution < 1.29 is 9.59 Å². The summed E-state index contributed by atoms with van der Waals surface area (Å²) < 4.78 is 2.11. The fourth-order valence-corrected chi connectivity index (χ4v) is 2.12. The van der Waals surface area contributed by atoms with E-state index < -0.39 is 6.04 Å². The van der Waals surface area contributed by atoms with E-state index in [1.807, 2.05) is 30.5 Å². The van der Waals surface area contributed by atoms with E-state index in [4.69, 9.17) is 5.73 Å². The first-order valence-electron chi connectivity index (χ1n) is 7.33. The van der Waals surface area contributed by atoms with E-state index in [1.54, 1.807) is 6.92 Å². The zero-order chi connectivity index (χ0) is 15.9. The largest absolute Gasteiger partial charge is 0.355 e. The van der Waals surface area contributed by atoms with Crippen LogP contribution >= 0.6 is 0 Å². The maximum atomic E-state index is 11.6. The van der Waals surface area contributed by atoms with Gasteiger partial charge in [0.25, 0.3) is 0 Å². The van der Waals surface area contributed by atoms with Crippen molar-refractivity contribution in [1.29, 1.82) is 0 Å². The Morgan fingerprint density at radius 1 is 1.32 bits per heavy atom. The number of nitrogens with two attached hydrogens (primary N) is 1. The van der Waals surface area contributed by atoms with Crippen LogP contribution in [0.1, 0.15) is 13.3 Å². The molecule has 0 spiro atoms. The third-order valence-corrected chi connectivity index (χ3v) is 3.32. The summed E-state index contributed by atoms with van der Waals surface area (Å²) in [5.74, 6) is -0.539. The van der Waals surface area contributed by atoms with Crippen molar-refractivity contribution in [3.63, 3.8) is 0 Å².